The van der Waals surface area contributed by atoms with Crippen LogP contribution >= 0.6 is 0 Å². The third-order valence-electron chi connectivity index (χ3n) is 2.67. The van der Waals surface area contributed by atoms with Crippen molar-refractivity contribution in [1.82, 2.24) is 0 Å². The lowest BCUT2D eigenvalue weighted by Crippen LogP contribution is -1.97. The average molecular weight is 188 g/mol. The van der Waals surface area contributed by atoms with E-state index in [4.69, 9.17) is 0 Å². The molecule has 1 atom stereocenters. The largest absolute Gasteiger partial charge is 0.0807 e. The van der Waals surface area contributed by atoms with Gasteiger partial charge in [-0.2, -0.15) is 0 Å². The molecular formula is C14H20. The molecule has 0 heterocycles. The summed E-state index contributed by atoms with van der Waals surface area (Å²) >= 11 is 0. The van der Waals surface area contributed by atoms with Crippen molar-refractivity contribution < 1.29 is 0 Å². The first kappa shape index (κ1) is 11.0. The summed E-state index contributed by atoms with van der Waals surface area (Å²) in [7, 11) is 0. The Balaban J connectivity index is 2.95. The summed E-state index contributed by atoms with van der Waals surface area (Å²) < 4.78 is 0. The lowest BCUT2D eigenvalue weighted by molar-refractivity contribution is 0.715. The molecule has 0 fully saturated rings. The fourth-order valence-electron chi connectivity index (χ4n) is 1.67. The van der Waals surface area contributed by atoms with Gasteiger partial charge in [0.2, 0.25) is 0 Å². The minimum absolute atomic E-state index is 0.664. The molecule has 0 radical (unpaired) electrons. The molecule has 0 aliphatic rings. The molecule has 0 aliphatic carbocycles. The minimum atomic E-state index is 0.664. The van der Waals surface area contributed by atoms with E-state index < -0.39 is 0 Å². The first-order valence-electron chi connectivity index (χ1n) is 5.55. The molecule has 1 rings (SSSR count). The maximum Gasteiger partial charge on any atom is -0.0190 e. The highest BCUT2D eigenvalue weighted by atomic mass is 14.1. The molecule has 14 heavy (non-hydrogen) atoms. The van der Waals surface area contributed by atoms with E-state index in [2.05, 4.69) is 57.2 Å². The summed E-state index contributed by atoms with van der Waals surface area (Å²) in [5.41, 5.74) is 2.87. The molecule has 0 amide bonds. The minimum Gasteiger partial charge on any atom is -0.0807 e. The zero-order valence-electron chi connectivity index (χ0n) is 9.46. The van der Waals surface area contributed by atoms with Gasteiger partial charge in [-0.15, -0.1) is 0 Å². The Kier molecular flexibility index (Phi) is 4.45. The van der Waals surface area contributed by atoms with Crippen molar-refractivity contribution in [2.75, 3.05) is 0 Å². The van der Waals surface area contributed by atoms with Crippen LogP contribution in [0.3, 0.4) is 0 Å². The molecule has 76 valence electrons. The third-order valence-corrected chi connectivity index (χ3v) is 2.67. The SMILES string of the molecule is CC/C=C(\c1ccccc1)C(C)CC. The first-order chi connectivity index (χ1) is 6.79. The number of hydrogen-bond donors (Lipinski definition) is 0. The number of hydrogen-bond acceptors (Lipinski definition) is 0. The number of rotatable bonds is 4. The molecular weight excluding hydrogens is 168 g/mol. The van der Waals surface area contributed by atoms with Crippen LogP contribution in [0.15, 0.2) is 36.4 Å². The smallest absolute Gasteiger partial charge is 0.0190 e. The molecule has 0 saturated carbocycles. The van der Waals surface area contributed by atoms with Crippen LogP contribution in [0.25, 0.3) is 5.57 Å². The fraction of sp³-hybridized carbons (Fsp3) is 0.429. The van der Waals surface area contributed by atoms with Crippen molar-refractivity contribution in [2.24, 2.45) is 5.92 Å². The molecule has 0 aliphatic heterocycles. The Hall–Kier alpha value is -1.04. The van der Waals surface area contributed by atoms with Gasteiger partial charge in [0.15, 0.2) is 0 Å². The van der Waals surface area contributed by atoms with Crippen LogP contribution in [0.5, 0.6) is 0 Å². The fourth-order valence-corrected chi connectivity index (χ4v) is 1.67. The van der Waals surface area contributed by atoms with Crippen LogP contribution in [0, 0.1) is 5.92 Å². The molecule has 1 aromatic rings. The average Bonchev–Trinajstić information content (AvgIpc) is 2.26. The van der Waals surface area contributed by atoms with Crippen molar-refractivity contribution in [3.63, 3.8) is 0 Å². The highest BCUT2D eigenvalue weighted by Gasteiger charge is 2.07. The Bertz CT molecular complexity index is 282. The van der Waals surface area contributed by atoms with Crippen molar-refractivity contribution in [1.29, 1.82) is 0 Å². The van der Waals surface area contributed by atoms with Crippen LogP contribution in [0.4, 0.5) is 0 Å². The van der Waals surface area contributed by atoms with Crippen molar-refractivity contribution >= 4 is 5.57 Å². The van der Waals surface area contributed by atoms with Gasteiger partial charge in [0, 0.05) is 0 Å². The summed E-state index contributed by atoms with van der Waals surface area (Å²) in [5.74, 6) is 0.664. The molecule has 0 bridgehead atoms. The highest BCUT2D eigenvalue weighted by Crippen LogP contribution is 2.25. The zero-order valence-corrected chi connectivity index (χ0v) is 9.46. The van der Waals surface area contributed by atoms with Crippen molar-refractivity contribution in [3.05, 3.63) is 42.0 Å². The predicted octanol–water partition coefficient (Wildman–Crippen LogP) is 4.53. The standard InChI is InChI=1S/C14H20/c1-4-9-14(12(3)5-2)13-10-7-6-8-11-13/h6-12H,4-5H2,1-3H3/b14-9-. The van der Waals surface area contributed by atoms with Crippen LogP contribution in [0.2, 0.25) is 0 Å². The Labute approximate surface area is 87.7 Å². The topological polar surface area (TPSA) is 0 Å². The molecule has 0 N–H and O–H groups in total. The zero-order chi connectivity index (χ0) is 10.4. The molecule has 1 aromatic carbocycles. The van der Waals surface area contributed by atoms with E-state index in [9.17, 15) is 0 Å². The van der Waals surface area contributed by atoms with Gasteiger partial charge < -0.3 is 0 Å². The Morgan fingerprint density at radius 2 is 1.86 bits per heavy atom. The monoisotopic (exact) mass is 188 g/mol. The lowest BCUT2D eigenvalue weighted by Gasteiger charge is -2.14. The van der Waals surface area contributed by atoms with Crippen LogP contribution in [-0.2, 0) is 0 Å². The van der Waals surface area contributed by atoms with Gasteiger partial charge in [0.05, 0.1) is 0 Å². The van der Waals surface area contributed by atoms with E-state index in [1.165, 1.54) is 17.6 Å². The van der Waals surface area contributed by atoms with Gasteiger partial charge >= 0.3 is 0 Å². The van der Waals surface area contributed by atoms with Crippen LogP contribution in [0.1, 0.15) is 39.2 Å². The van der Waals surface area contributed by atoms with E-state index >= 15 is 0 Å². The van der Waals surface area contributed by atoms with Gasteiger partial charge in [-0.3, -0.25) is 0 Å². The van der Waals surface area contributed by atoms with Gasteiger partial charge in [-0.1, -0.05) is 57.2 Å². The van der Waals surface area contributed by atoms with Gasteiger partial charge in [0.1, 0.15) is 0 Å². The van der Waals surface area contributed by atoms with Crippen LogP contribution in [-0.4, -0.2) is 0 Å². The second-order valence-electron chi connectivity index (χ2n) is 3.74. The molecule has 0 aromatic heterocycles. The quantitative estimate of drug-likeness (QED) is 0.651. The van der Waals surface area contributed by atoms with E-state index in [1.54, 1.807) is 0 Å². The van der Waals surface area contributed by atoms with Crippen LogP contribution < -0.4 is 0 Å². The Morgan fingerprint density at radius 3 is 2.36 bits per heavy atom. The second-order valence-corrected chi connectivity index (χ2v) is 3.74. The maximum atomic E-state index is 2.35. The molecule has 0 heteroatoms. The van der Waals surface area contributed by atoms with E-state index in [0.717, 1.165) is 6.42 Å². The van der Waals surface area contributed by atoms with E-state index in [0.29, 0.717) is 5.92 Å². The van der Waals surface area contributed by atoms with E-state index in [1.807, 2.05) is 0 Å². The first-order valence-corrected chi connectivity index (χ1v) is 5.55. The summed E-state index contributed by atoms with van der Waals surface area (Å²) in [5, 5.41) is 0. The summed E-state index contributed by atoms with van der Waals surface area (Å²) in [4.78, 5) is 0. The predicted molar refractivity (Wildman–Crippen MR) is 64.2 cm³/mol. The number of benzene rings is 1. The summed E-state index contributed by atoms with van der Waals surface area (Å²) in [6.45, 7) is 6.75. The van der Waals surface area contributed by atoms with Gasteiger partial charge in [0.25, 0.3) is 0 Å². The normalized spacial score (nSPS) is 14.1. The highest BCUT2D eigenvalue weighted by molar-refractivity contribution is 5.66. The number of allylic oxidation sites excluding steroid dienone is 2. The second kappa shape index (κ2) is 5.64. The van der Waals surface area contributed by atoms with Crippen molar-refractivity contribution in [3.8, 4) is 0 Å². The lowest BCUT2D eigenvalue weighted by atomic mass is 9.91. The summed E-state index contributed by atoms with van der Waals surface area (Å²) in [6.07, 6.45) is 4.68. The van der Waals surface area contributed by atoms with Gasteiger partial charge in [-0.25, -0.2) is 0 Å². The molecule has 0 spiro atoms. The molecule has 0 saturated heterocycles. The Morgan fingerprint density at radius 1 is 1.21 bits per heavy atom. The molecule has 0 nitrogen and oxygen atoms in total. The molecule has 1 unspecified atom stereocenters. The van der Waals surface area contributed by atoms with Gasteiger partial charge in [-0.05, 0) is 29.9 Å². The maximum absolute atomic E-state index is 2.35. The summed E-state index contributed by atoms with van der Waals surface area (Å²) in [6, 6.07) is 10.7. The third kappa shape index (κ3) is 2.73. The van der Waals surface area contributed by atoms with Crippen molar-refractivity contribution in [2.45, 2.75) is 33.6 Å². The van der Waals surface area contributed by atoms with E-state index in [-0.39, 0.29) is 0 Å².